The zero-order valence-electron chi connectivity index (χ0n) is 21.4. The first-order valence-corrected chi connectivity index (χ1v) is 12.3. The summed E-state index contributed by atoms with van der Waals surface area (Å²) in [6, 6.07) is 20.3. The van der Waals surface area contributed by atoms with Gasteiger partial charge in [0.2, 0.25) is 0 Å². The van der Waals surface area contributed by atoms with Crippen LogP contribution in [0.2, 0.25) is 0 Å². The Balaban J connectivity index is 1.54. The Bertz CT molecular complexity index is 1120. The van der Waals surface area contributed by atoms with E-state index in [4.69, 9.17) is 9.84 Å². The highest BCUT2D eigenvalue weighted by Gasteiger charge is 2.34. The molecular weight excluding hydrogens is 438 g/mol. The van der Waals surface area contributed by atoms with Crippen molar-refractivity contribution in [1.82, 2.24) is 20.0 Å². The summed E-state index contributed by atoms with van der Waals surface area (Å²) in [4.78, 5) is 15.6. The number of aryl methyl sites for hydroxylation is 1. The minimum absolute atomic E-state index is 0.00733. The maximum Gasteiger partial charge on any atom is 0.320 e. The number of aromatic nitrogens is 2. The molecule has 3 aromatic rings. The molecule has 2 N–H and O–H groups in total. The van der Waals surface area contributed by atoms with Gasteiger partial charge in [-0.15, -0.1) is 0 Å². The Morgan fingerprint density at radius 2 is 1.80 bits per heavy atom. The van der Waals surface area contributed by atoms with Gasteiger partial charge in [-0.1, -0.05) is 68.8 Å². The molecule has 1 saturated heterocycles. The van der Waals surface area contributed by atoms with Gasteiger partial charge in [-0.25, -0.2) is 9.48 Å². The fraction of sp³-hybridized carbons (Fsp3) is 0.429. The van der Waals surface area contributed by atoms with Crippen molar-refractivity contribution in [2.75, 3.05) is 38.7 Å². The molecule has 0 aliphatic carbocycles. The van der Waals surface area contributed by atoms with Gasteiger partial charge in [-0.2, -0.15) is 5.10 Å². The molecule has 1 aliphatic heterocycles. The third kappa shape index (κ3) is 6.10. The monoisotopic (exact) mass is 475 g/mol. The van der Waals surface area contributed by atoms with Crippen LogP contribution in [0.15, 0.2) is 60.7 Å². The fourth-order valence-electron chi connectivity index (χ4n) is 4.51. The van der Waals surface area contributed by atoms with Crippen LogP contribution in [0.1, 0.15) is 43.5 Å². The van der Waals surface area contributed by atoms with Crippen molar-refractivity contribution in [1.29, 1.82) is 0 Å². The number of benzene rings is 2. The Morgan fingerprint density at radius 3 is 2.46 bits per heavy atom. The maximum atomic E-state index is 13.3. The van der Waals surface area contributed by atoms with Crippen LogP contribution in [0.5, 0.6) is 0 Å². The number of methoxy groups -OCH3 is 1. The normalized spacial score (nSPS) is 18.5. The summed E-state index contributed by atoms with van der Waals surface area (Å²) in [5.74, 6) is 0.868. The lowest BCUT2D eigenvalue weighted by Gasteiger charge is -2.20. The van der Waals surface area contributed by atoms with Gasteiger partial charge in [-0.05, 0) is 24.6 Å². The molecule has 2 atom stereocenters. The van der Waals surface area contributed by atoms with Crippen molar-refractivity contribution in [3.63, 3.8) is 0 Å². The third-order valence-corrected chi connectivity index (χ3v) is 6.55. The third-order valence-electron chi connectivity index (χ3n) is 6.55. The highest BCUT2D eigenvalue weighted by Crippen LogP contribution is 2.29. The molecule has 0 unspecified atom stereocenters. The van der Waals surface area contributed by atoms with E-state index in [0.717, 1.165) is 31.0 Å². The van der Waals surface area contributed by atoms with Gasteiger partial charge in [0.1, 0.15) is 5.82 Å². The molecule has 4 rings (SSSR count). The highest BCUT2D eigenvalue weighted by atomic mass is 16.5. The first kappa shape index (κ1) is 24.9. The second-order valence-electron chi connectivity index (χ2n) is 10.4. The van der Waals surface area contributed by atoms with E-state index in [0.29, 0.717) is 12.4 Å². The van der Waals surface area contributed by atoms with Crippen LogP contribution < -0.4 is 10.6 Å². The molecule has 2 amide bonds. The number of nitrogens with one attached hydrogen (secondary N) is 2. The molecule has 2 aromatic carbocycles. The summed E-state index contributed by atoms with van der Waals surface area (Å²) < 4.78 is 7.09. The predicted octanol–water partition coefficient (Wildman–Crippen LogP) is 4.71. The molecule has 0 bridgehead atoms. The number of anilines is 1. The largest absolute Gasteiger partial charge is 0.383 e. The number of urea groups is 1. The average molecular weight is 476 g/mol. The maximum absolute atomic E-state index is 13.3. The Morgan fingerprint density at radius 1 is 1.09 bits per heavy atom. The van der Waals surface area contributed by atoms with Crippen molar-refractivity contribution in [3.05, 3.63) is 77.5 Å². The average Bonchev–Trinajstić information content (AvgIpc) is 3.43. The van der Waals surface area contributed by atoms with Crippen LogP contribution in [0.3, 0.4) is 0 Å². The summed E-state index contributed by atoms with van der Waals surface area (Å²) in [5, 5.41) is 11.2. The van der Waals surface area contributed by atoms with Crippen LogP contribution in [-0.2, 0) is 10.2 Å². The van der Waals surface area contributed by atoms with E-state index in [1.165, 1.54) is 11.1 Å². The molecule has 186 valence electrons. The van der Waals surface area contributed by atoms with Gasteiger partial charge < -0.3 is 10.1 Å². The van der Waals surface area contributed by atoms with Crippen molar-refractivity contribution in [2.45, 2.75) is 45.1 Å². The molecular formula is C28H37N5O2. The van der Waals surface area contributed by atoms with Gasteiger partial charge in [0.15, 0.2) is 0 Å². The topological polar surface area (TPSA) is 71.4 Å². The standard InChI is InChI=1S/C28H37N5O2/c1-20-11-13-22(14-12-20)33-26(17-25(31-33)28(2,3)4)30-27(34)29-24-19-32(15-16-35-5)18-23(24)21-9-7-6-8-10-21/h6-14,17,23-24H,15-16,18-19H2,1-5H3,(H2,29,30,34)/t23-,24+/m1/s1. The van der Waals surface area contributed by atoms with E-state index in [1.807, 2.05) is 28.9 Å². The first-order chi connectivity index (χ1) is 16.7. The fourth-order valence-corrected chi connectivity index (χ4v) is 4.51. The summed E-state index contributed by atoms with van der Waals surface area (Å²) >= 11 is 0. The molecule has 0 radical (unpaired) electrons. The SMILES string of the molecule is COCCN1C[C@H](NC(=O)Nc2cc(C(C)(C)C)nn2-c2ccc(C)cc2)[C@@H](c2ccccc2)C1. The number of hydrogen-bond donors (Lipinski definition) is 2. The lowest BCUT2D eigenvalue weighted by atomic mass is 9.92. The van der Waals surface area contributed by atoms with Crippen LogP contribution >= 0.6 is 0 Å². The van der Waals surface area contributed by atoms with Crippen LogP contribution in [0.4, 0.5) is 10.6 Å². The van der Waals surface area contributed by atoms with Crippen molar-refractivity contribution in [2.24, 2.45) is 0 Å². The van der Waals surface area contributed by atoms with E-state index < -0.39 is 0 Å². The van der Waals surface area contributed by atoms with Crippen molar-refractivity contribution >= 4 is 11.8 Å². The van der Waals surface area contributed by atoms with E-state index in [-0.39, 0.29) is 23.4 Å². The number of carbonyl (C=O) groups excluding carboxylic acids is 1. The smallest absolute Gasteiger partial charge is 0.320 e. The summed E-state index contributed by atoms with van der Waals surface area (Å²) in [6.45, 7) is 11.6. The van der Waals surface area contributed by atoms with E-state index in [9.17, 15) is 4.79 Å². The molecule has 0 saturated carbocycles. The number of nitrogens with zero attached hydrogens (tertiary/aromatic N) is 3. The second kappa shape index (κ2) is 10.6. The van der Waals surface area contributed by atoms with E-state index >= 15 is 0 Å². The minimum atomic E-state index is -0.224. The molecule has 7 nitrogen and oxygen atoms in total. The Kier molecular flexibility index (Phi) is 7.57. The molecule has 0 spiro atoms. The van der Waals surface area contributed by atoms with Gasteiger partial charge in [-0.3, -0.25) is 10.2 Å². The van der Waals surface area contributed by atoms with Crippen molar-refractivity contribution in [3.8, 4) is 5.69 Å². The number of carbonyl (C=O) groups is 1. The first-order valence-electron chi connectivity index (χ1n) is 12.3. The predicted molar refractivity (Wildman–Crippen MR) is 140 cm³/mol. The molecule has 7 heteroatoms. The summed E-state index contributed by atoms with van der Waals surface area (Å²) in [5.41, 5.74) is 4.10. The number of hydrogen-bond acceptors (Lipinski definition) is 4. The van der Waals surface area contributed by atoms with E-state index in [1.54, 1.807) is 7.11 Å². The lowest BCUT2D eigenvalue weighted by molar-refractivity contribution is 0.159. The number of rotatable bonds is 7. The van der Waals surface area contributed by atoms with Crippen molar-refractivity contribution < 1.29 is 9.53 Å². The van der Waals surface area contributed by atoms with Gasteiger partial charge >= 0.3 is 6.03 Å². The zero-order chi connectivity index (χ0) is 25.0. The number of likely N-dealkylation sites (tertiary alicyclic amines) is 1. The molecule has 1 aliphatic rings. The van der Waals surface area contributed by atoms with E-state index in [2.05, 4.69) is 79.6 Å². The number of amides is 2. The highest BCUT2D eigenvalue weighted by molar-refractivity contribution is 5.89. The quantitative estimate of drug-likeness (QED) is 0.519. The molecule has 1 aromatic heterocycles. The minimum Gasteiger partial charge on any atom is -0.383 e. The summed E-state index contributed by atoms with van der Waals surface area (Å²) in [7, 11) is 1.72. The Labute approximate surface area is 208 Å². The van der Waals surface area contributed by atoms with Crippen LogP contribution in [0, 0.1) is 6.92 Å². The van der Waals surface area contributed by atoms with Gasteiger partial charge in [0, 0.05) is 44.1 Å². The second-order valence-corrected chi connectivity index (χ2v) is 10.4. The zero-order valence-corrected chi connectivity index (χ0v) is 21.4. The van der Waals surface area contributed by atoms with Gasteiger partial charge in [0.25, 0.3) is 0 Å². The van der Waals surface area contributed by atoms with Crippen LogP contribution in [0.25, 0.3) is 5.69 Å². The lowest BCUT2D eigenvalue weighted by Crippen LogP contribution is -2.42. The number of ether oxygens (including phenoxy) is 1. The molecule has 35 heavy (non-hydrogen) atoms. The van der Waals surface area contributed by atoms with Crippen LogP contribution in [-0.4, -0.2) is 60.1 Å². The molecule has 1 fully saturated rings. The molecule has 2 heterocycles. The van der Waals surface area contributed by atoms with Gasteiger partial charge in [0.05, 0.1) is 24.0 Å². The summed E-state index contributed by atoms with van der Waals surface area (Å²) in [6.07, 6.45) is 0. The Hall–Kier alpha value is -3.16.